The molecule has 0 saturated carbocycles. The Labute approximate surface area is 70.8 Å². The van der Waals surface area contributed by atoms with Crippen LogP contribution in [-0.4, -0.2) is 0 Å². The fraction of sp³-hybridized carbons (Fsp3) is 1.00. The Bertz CT molecular complexity index is 49.6. The molecular weight excluding hydrogens is 275 g/mol. The standard InChI is InChI=1S/2C4H9.Hf/c2*1-4(2)3;/h2*4H,1H2,2-3H3;. The monoisotopic (exact) mass is 294 g/mol. The van der Waals surface area contributed by atoms with E-state index in [1.807, 2.05) is 0 Å². The molecule has 0 bridgehead atoms. The van der Waals surface area contributed by atoms with Crippen LogP contribution < -0.4 is 0 Å². The van der Waals surface area contributed by atoms with Gasteiger partial charge in [-0.3, -0.25) is 0 Å². The van der Waals surface area contributed by atoms with Crippen LogP contribution in [0.1, 0.15) is 27.7 Å². The first-order valence-electron chi connectivity index (χ1n) is 3.83. The van der Waals surface area contributed by atoms with Gasteiger partial charge in [0.25, 0.3) is 0 Å². The molecule has 0 aromatic carbocycles. The summed E-state index contributed by atoms with van der Waals surface area (Å²) in [4.78, 5) is 0. The number of hydrogen-bond acceptors (Lipinski definition) is 0. The topological polar surface area (TPSA) is 0 Å². The van der Waals surface area contributed by atoms with Crippen LogP contribution in [0.15, 0.2) is 0 Å². The Morgan fingerprint density at radius 3 is 1.44 bits per heavy atom. The van der Waals surface area contributed by atoms with E-state index in [0.717, 1.165) is 11.8 Å². The van der Waals surface area contributed by atoms with Crippen molar-refractivity contribution < 1.29 is 22.9 Å². The van der Waals surface area contributed by atoms with Gasteiger partial charge in [0.05, 0.1) is 0 Å². The molecule has 0 amide bonds. The molecule has 0 saturated heterocycles. The maximum atomic E-state index is 2.34. The predicted molar refractivity (Wildman–Crippen MR) is 39.3 cm³/mol. The molecule has 0 spiro atoms. The number of hydrogen-bond donors (Lipinski definition) is 0. The van der Waals surface area contributed by atoms with E-state index in [1.165, 1.54) is 0 Å². The van der Waals surface area contributed by atoms with Gasteiger partial charge >= 0.3 is 70.8 Å². The molecule has 0 aliphatic heterocycles. The molecule has 0 atom stereocenters. The van der Waals surface area contributed by atoms with Gasteiger partial charge in [-0.25, -0.2) is 0 Å². The Kier molecular flexibility index (Phi) is 6.18. The maximum absolute atomic E-state index is 2.34. The van der Waals surface area contributed by atoms with Crippen molar-refractivity contribution in [3.63, 3.8) is 0 Å². The van der Waals surface area contributed by atoms with Gasteiger partial charge in [0.2, 0.25) is 0 Å². The normalized spacial score (nSPS) is 10.9. The quantitative estimate of drug-likeness (QED) is 0.698. The van der Waals surface area contributed by atoms with E-state index in [1.54, 1.807) is 8.35 Å². The zero-order valence-electron chi connectivity index (χ0n) is 7.07. The van der Waals surface area contributed by atoms with E-state index in [0.29, 0.717) is 0 Å². The number of rotatable bonds is 4. The van der Waals surface area contributed by atoms with Crippen molar-refractivity contribution in [1.82, 2.24) is 0 Å². The van der Waals surface area contributed by atoms with Gasteiger partial charge in [0, 0.05) is 0 Å². The molecule has 0 radical (unpaired) electrons. The van der Waals surface area contributed by atoms with Crippen molar-refractivity contribution in [1.29, 1.82) is 0 Å². The molecule has 0 aromatic rings. The van der Waals surface area contributed by atoms with E-state index in [-0.39, 0.29) is 22.9 Å². The Morgan fingerprint density at radius 2 is 1.22 bits per heavy atom. The van der Waals surface area contributed by atoms with Gasteiger partial charge in [0.15, 0.2) is 0 Å². The fourth-order valence-electron chi connectivity index (χ4n) is 0.661. The van der Waals surface area contributed by atoms with Crippen molar-refractivity contribution >= 4 is 0 Å². The van der Waals surface area contributed by atoms with Crippen LogP contribution in [0.4, 0.5) is 0 Å². The summed E-state index contributed by atoms with van der Waals surface area (Å²) in [6, 6.07) is 0. The second-order valence-electron chi connectivity index (χ2n) is 3.45. The molecule has 0 unspecified atom stereocenters. The Balaban J connectivity index is 2.91. The first-order valence-corrected chi connectivity index (χ1v) is 8.91. The predicted octanol–water partition coefficient (Wildman–Crippen LogP) is 3.22. The van der Waals surface area contributed by atoms with E-state index in [2.05, 4.69) is 27.7 Å². The Hall–Kier alpha value is 0.870. The molecule has 0 nitrogen and oxygen atoms in total. The molecule has 0 heterocycles. The first kappa shape index (κ1) is 9.87. The van der Waals surface area contributed by atoms with Crippen molar-refractivity contribution in [3.05, 3.63) is 0 Å². The van der Waals surface area contributed by atoms with Gasteiger partial charge in [-0.05, 0) is 0 Å². The third-order valence-corrected chi connectivity index (χ3v) is 9.05. The summed E-state index contributed by atoms with van der Waals surface area (Å²) in [6.07, 6.45) is 0. The minimum atomic E-state index is -0.122. The van der Waals surface area contributed by atoms with Crippen LogP contribution in [0.5, 0.6) is 0 Å². The molecule has 0 N–H and O–H groups in total. The molecule has 0 aliphatic rings. The van der Waals surface area contributed by atoms with Gasteiger partial charge in [-0.15, -0.1) is 0 Å². The van der Waals surface area contributed by atoms with Crippen LogP contribution in [0.3, 0.4) is 0 Å². The summed E-state index contributed by atoms with van der Waals surface area (Å²) < 4.78 is 3.19. The van der Waals surface area contributed by atoms with E-state index < -0.39 is 0 Å². The molecule has 54 valence electrons. The van der Waals surface area contributed by atoms with Gasteiger partial charge < -0.3 is 0 Å². The summed E-state index contributed by atoms with van der Waals surface area (Å²) in [6.45, 7) is 9.36. The summed E-state index contributed by atoms with van der Waals surface area (Å²) in [5.41, 5.74) is 0. The second kappa shape index (κ2) is 5.64. The van der Waals surface area contributed by atoms with Crippen molar-refractivity contribution in [3.8, 4) is 0 Å². The summed E-state index contributed by atoms with van der Waals surface area (Å²) in [5, 5.41) is 0. The van der Waals surface area contributed by atoms with Crippen LogP contribution in [0.25, 0.3) is 0 Å². The summed E-state index contributed by atoms with van der Waals surface area (Å²) >= 11 is -0.122. The van der Waals surface area contributed by atoms with Gasteiger partial charge in [0.1, 0.15) is 0 Å². The first-order chi connectivity index (χ1) is 4.13. The Morgan fingerprint density at radius 1 is 0.889 bits per heavy atom. The molecule has 0 aromatic heterocycles. The van der Waals surface area contributed by atoms with Crippen molar-refractivity contribution in [2.75, 3.05) is 0 Å². The summed E-state index contributed by atoms with van der Waals surface area (Å²) in [5.74, 6) is 1.96. The summed E-state index contributed by atoms with van der Waals surface area (Å²) in [7, 11) is 0. The van der Waals surface area contributed by atoms with E-state index in [9.17, 15) is 0 Å². The molecule has 1 heteroatoms. The van der Waals surface area contributed by atoms with Crippen LogP contribution >= 0.6 is 0 Å². The van der Waals surface area contributed by atoms with Crippen LogP contribution in [-0.2, 0) is 22.9 Å². The second-order valence-corrected chi connectivity index (χ2v) is 8.18. The zero-order valence-corrected chi connectivity index (χ0v) is 10.7. The van der Waals surface area contributed by atoms with Crippen LogP contribution in [0.2, 0.25) is 8.35 Å². The van der Waals surface area contributed by atoms with Crippen LogP contribution in [0, 0.1) is 11.8 Å². The van der Waals surface area contributed by atoms with Crippen molar-refractivity contribution in [2.24, 2.45) is 11.8 Å². The average molecular weight is 293 g/mol. The third kappa shape index (κ3) is 8.87. The average Bonchev–Trinajstić information content (AvgIpc) is 1.63. The molecule has 9 heavy (non-hydrogen) atoms. The van der Waals surface area contributed by atoms with E-state index >= 15 is 0 Å². The molecule has 0 fully saturated rings. The van der Waals surface area contributed by atoms with Crippen molar-refractivity contribution in [2.45, 2.75) is 36.0 Å². The van der Waals surface area contributed by atoms with Gasteiger partial charge in [-0.1, -0.05) is 0 Å². The SMILES string of the molecule is CC(C)[CH2][Hf][CH2]C(C)C. The molecule has 0 aliphatic carbocycles. The molecule has 0 rings (SSSR count). The molecular formula is C8H18Hf. The van der Waals surface area contributed by atoms with E-state index in [4.69, 9.17) is 0 Å². The third-order valence-electron chi connectivity index (χ3n) is 1.11. The van der Waals surface area contributed by atoms with Gasteiger partial charge in [-0.2, -0.15) is 0 Å². The fourth-order valence-corrected chi connectivity index (χ4v) is 5.41. The zero-order chi connectivity index (χ0) is 7.28. The minimum absolute atomic E-state index is 0.122.